The van der Waals surface area contributed by atoms with Crippen LogP contribution in [0, 0.1) is 11.3 Å². The van der Waals surface area contributed by atoms with Gasteiger partial charge in [-0.15, -0.1) is 0 Å². The van der Waals surface area contributed by atoms with Crippen molar-refractivity contribution in [3.8, 4) is 11.8 Å². The fraction of sp³-hybridized carbons (Fsp3) is 0.190. The van der Waals surface area contributed by atoms with Crippen LogP contribution in [0.5, 0.6) is 0 Å². The highest BCUT2D eigenvalue weighted by atomic mass is 19.4. The van der Waals surface area contributed by atoms with Gasteiger partial charge in [-0.2, -0.15) is 28.6 Å². The standard InChI is InChI=1S/C21H14F3N7O/c22-21(23,24)17-8-16(12-6-7-12)28-19-15(11-27-31(17)19)20(32)29-18-13(9-25)10-26-30(18)14-4-2-1-3-5-14/h1-5,8,10-12H,6-7H2,(H,29,32). The van der Waals surface area contributed by atoms with Crippen LogP contribution >= 0.6 is 0 Å². The second-order valence-electron chi connectivity index (χ2n) is 7.35. The summed E-state index contributed by atoms with van der Waals surface area (Å²) in [5.74, 6) is -0.711. The molecule has 1 N–H and O–H groups in total. The highest BCUT2D eigenvalue weighted by Crippen LogP contribution is 2.41. The van der Waals surface area contributed by atoms with E-state index in [2.05, 4.69) is 20.5 Å². The van der Waals surface area contributed by atoms with Gasteiger partial charge in [-0.1, -0.05) is 18.2 Å². The number of fused-ring (bicyclic) bond motifs is 1. The molecule has 0 spiro atoms. The van der Waals surface area contributed by atoms with E-state index in [-0.39, 0.29) is 34.2 Å². The van der Waals surface area contributed by atoms with Crippen molar-refractivity contribution in [2.24, 2.45) is 0 Å². The van der Waals surface area contributed by atoms with Crippen LogP contribution in [0.4, 0.5) is 19.0 Å². The number of carbonyl (C=O) groups excluding carboxylic acids is 1. The topological polar surface area (TPSA) is 101 Å². The molecule has 4 aromatic rings. The van der Waals surface area contributed by atoms with Crippen LogP contribution in [0.25, 0.3) is 11.3 Å². The summed E-state index contributed by atoms with van der Waals surface area (Å²) in [5.41, 5.74) is -0.341. The highest BCUT2D eigenvalue weighted by Gasteiger charge is 2.38. The Balaban J connectivity index is 1.58. The molecule has 1 aromatic carbocycles. The number of nitrogens with one attached hydrogen (secondary N) is 1. The average Bonchev–Trinajstić information content (AvgIpc) is 3.42. The van der Waals surface area contributed by atoms with Crippen LogP contribution in [0.2, 0.25) is 0 Å². The molecule has 1 saturated carbocycles. The lowest BCUT2D eigenvalue weighted by Crippen LogP contribution is -2.18. The monoisotopic (exact) mass is 437 g/mol. The van der Waals surface area contributed by atoms with Crippen molar-refractivity contribution in [1.82, 2.24) is 24.4 Å². The number of aromatic nitrogens is 5. The number of nitriles is 1. The molecule has 5 rings (SSSR count). The lowest BCUT2D eigenvalue weighted by molar-refractivity contribution is -0.142. The van der Waals surface area contributed by atoms with E-state index in [0.29, 0.717) is 10.2 Å². The van der Waals surface area contributed by atoms with Gasteiger partial charge in [-0.3, -0.25) is 4.79 Å². The van der Waals surface area contributed by atoms with Crippen LogP contribution in [-0.2, 0) is 6.18 Å². The summed E-state index contributed by atoms with van der Waals surface area (Å²) in [6, 6.07) is 11.7. The van der Waals surface area contributed by atoms with Gasteiger partial charge in [0.25, 0.3) is 5.91 Å². The van der Waals surface area contributed by atoms with Crippen LogP contribution in [0.3, 0.4) is 0 Å². The molecule has 3 heterocycles. The van der Waals surface area contributed by atoms with E-state index in [9.17, 15) is 23.2 Å². The number of hydrogen-bond donors (Lipinski definition) is 1. The normalized spacial score (nSPS) is 13.8. The molecule has 160 valence electrons. The summed E-state index contributed by atoms with van der Waals surface area (Å²) >= 11 is 0. The molecule has 0 atom stereocenters. The fourth-order valence-electron chi connectivity index (χ4n) is 3.42. The first-order valence-corrected chi connectivity index (χ1v) is 9.67. The Morgan fingerprint density at radius 2 is 1.91 bits per heavy atom. The molecule has 1 aliphatic rings. The molecule has 1 aliphatic carbocycles. The minimum absolute atomic E-state index is 0.0587. The summed E-state index contributed by atoms with van der Waals surface area (Å²) in [5, 5.41) is 19.9. The number of anilines is 1. The summed E-state index contributed by atoms with van der Waals surface area (Å²) in [6.45, 7) is 0. The van der Waals surface area contributed by atoms with E-state index >= 15 is 0 Å². The molecular formula is C21H14F3N7O. The first-order chi connectivity index (χ1) is 15.4. The van der Waals surface area contributed by atoms with Gasteiger partial charge in [-0.25, -0.2) is 14.2 Å². The van der Waals surface area contributed by atoms with E-state index in [1.807, 2.05) is 6.07 Å². The van der Waals surface area contributed by atoms with Gasteiger partial charge in [0.15, 0.2) is 11.5 Å². The Hall–Kier alpha value is -4.20. The molecule has 1 fully saturated rings. The number of halogens is 3. The Morgan fingerprint density at radius 3 is 2.56 bits per heavy atom. The quantitative estimate of drug-likeness (QED) is 0.521. The zero-order chi connectivity index (χ0) is 22.5. The second-order valence-corrected chi connectivity index (χ2v) is 7.35. The van der Waals surface area contributed by atoms with Crippen molar-refractivity contribution < 1.29 is 18.0 Å². The number of hydrogen-bond acceptors (Lipinski definition) is 5. The van der Waals surface area contributed by atoms with Crippen LogP contribution in [-0.4, -0.2) is 30.3 Å². The summed E-state index contributed by atoms with van der Waals surface area (Å²) in [7, 11) is 0. The zero-order valence-corrected chi connectivity index (χ0v) is 16.3. The molecule has 0 bridgehead atoms. The number of benzene rings is 1. The van der Waals surface area contributed by atoms with Gasteiger partial charge in [0.05, 0.1) is 18.1 Å². The van der Waals surface area contributed by atoms with E-state index < -0.39 is 17.8 Å². The predicted octanol–water partition coefficient (Wildman–Crippen LogP) is 3.94. The van der Waals surface area contributed by atoms with Crippen LogP contribution in [0.1, 0.15) is 46.1 Å². The van der Waals surface area contributed by atoms with Gasteiger partial charge in [0.2, 0.25) is 0 Å². The lowest BCUT2D eigenvalue weighted by atomic mass is 10.2. The van der Waals surface area contributed by atoms with E-state index in [1.165, 1.54) is 10.9 Å². The molecule has 0 saturated heterocycles. The molecule has 11 heteroatoms. The third kappa shape index (κ3) is 3.35. The lowest BCUT2D eigenvalue weighted by Gasteiger charge is -2.11. The van der Waals surface area contributed by atoms with Gasteiger partial charge < -0.3 is 5.32 Å². The molecule has 0 aliphatic heterocycles. The molecule has 1 amide bonds. The second kappa shape index (κ2) is 7.19. The molecule has 3 aromatic heterocycles. The van der Waals surface area contributed by atoms with Crippen molar-refractivity contribution >= 4 is 17.4 Å². The number of nitrogens with zero attached hydrogens (tertiary/aromatic N) is 6. The Labute approximate surface area is 178 Å². The van der Waals surface area contributed by atoms with Crippen molar-refractivity contribution in [3.05, 3.63) is 71.3 Å². The molecule has 8 nitrogen and oxygen atoms in total. The van der Waals surface area contributed by atoms with Crippen molar-refractivity contribution in [1.29, 1.82) is 5.26 Å². The van der Waals surface area contributed by atoms with Crippen molar-refractivity contribution in [2.45, 2.75) is 24.9 Å². The SMILES string of the molecule is N#Cc1cnn(-c2ccccc2)c1NC(=O)c1cnn2c(C(F)(F)F)cc(C3CC3)nc12. The fourth-order valence-corrected chi connectivity index (χ4v) is 3.42. The molecule has 0 unspecified atom stereocenters. The maximum atomic E-state index is 13.6. The number of carbonyl (C=O) groups is 1. The molecule has 0 radical (unpaired) electrons. The minimum Gasteiger partial charge on any atom is -0.305 e. The number of alkyl halides is 3. The van der Waals surface area contributed by atoms with Gasteiger partial charge in [0.1, 0.15) is 22.9 Å². The largest absolute Gasteiger partial charge is 0.433 e. The Kier molecular flexibility index (Phi) is 4.44. The van der Waals surface area contributed by atoms with E-state index in [0.717, 1.165) is 25.1 Å². The summed E-state index contributed by atoms with van der Waals surface area (Å²) in [6.07, 6.45) is -0.830. The predicted molar refractivity (Wildman–Crippen MR) is 106 cm³/mol. The Bertz CT molecular complexity index is 1380. The number of para-hydroxylation sites is 1. The minimum atomic E-state index is -4.66. The van der Waals surface area contributed by atoms with Crippen LogP contribution < -0.4 is 5.32 Å². The summed E-state index contributed by atoms with van der Waals surface area (Å²) < 4.78 is 42.8. The van der Waals surface area contributed by atoms with E-state index in [4.69, 9.17) is 0 Å². The first-order valence-electron chi connectivity index (χ1n) is 9.67. The summed E-state index contributed by atoms with van der Waals surface area (Å²) in [4.78, 5) is 17.4. The third-order valence-electron chi connectivity index (χ3n) is 5.14. The highest BCUT2D eigenvalue weighted by molar-refractivity contribution is 6.08. The number of amides is 1. The van der Waals surface area contributed by atoms with Gasteiger partial charge in [-0.05, 0) is 31.0 Å². The third-order valence-corrected chi connectivity index (χ3v) is 5.14. The molecule has 32 heavy (non-hydrogen) atoms. The Morgan fingerprint density at radius 1 is 1.16 bits per heavy atom. The average molecular weight is 437 g/mol. The first kappa shape index (κ1) is 19.7. The van der Waals surface area contributed by atoms with E-state index in [1.54, 1.807) is 30.3 Å². The van der Waals surface area contributed by atoms with Gasteiger partial charge >= 0.3 is 6.18 Å². The maximum Gasteiger partial charge on any atom is 0.433 e. The number of rotatable bonds is 4. The van der Waals surface area contributed by atoms with Crippen molar-refractivity contribution in [3.63, 3.8) is 0 Å². The van der Waals surface area contributed by atoms with Crippen LogP contribution in [0.15, 0.2) is 48.8 Å². The molecular weight excluding hydrogens is 423 g/mol. The smallest absolute Gasteiger partial charge is 0.305 e. The zero-order valence-electron chi connectivity index (χ0n) is 16.3. The van der Waals surface area contributed by atoms with Gasteiger partial charge in [0, 0.05) is 11.6 Å². The van der Waals surface area contributed by atoms with Crippen molar-refractivity contribution in [2.75, 3.05) is 5.32 Å². The maximum absolute atomic E-state index is 13.6.